The topological polar surface area (TPSA) is 76.9 Å². The van der Waals surface area contributed by atoms with Crippen molar-refractivity contribution in [1.82, 2.24) is 14.8 Å². The number of anilines is 1. The predicted molar refractivity (Wildman–Crippen MR) is 113 cm³/mol. The molecule has 0 spiro atoms. The maximum atomic E-state index is 12.9. The molecule has 0 saturated heterocycles. The Hall–Kier alpha value is -3.51. The van der Waals surface area contributed by atoms with Gasteiger partial charge in [0.1, 0.15) is 6.54 Å². The summed E-state index contributed by atoms with van der Waals surface area (Å²) >= 11 is 5.95. The van der Waals surface area contributed by atoms with Crippen LogP contribution in [0.3, 0.4) is 0 Å². The van der Waals surface area contributed by atoms with Crippen molar-refractivity contribution in [1.29, 1.82) is 0 Å². The molecular weight excluding hydrogens is 388 g/mol. The Bertz CT molecular complexity index is 1240. The minimum absolute atomic E-state index is 0.198. The van der Waals surface area contributed by atoms with Gasteiger partial charge in [0.05, 0.1) is 11.1 Å². The lowest BCUT2D eigenvalue weighted by Crippen LogP contribution is -2.30. The Balaban J connectivity index is 1.67. The van der Waals surface area contributed by atoms with Crippen LogP contribution in [0.1, 0.15) is 11.3 Å². The standard InChI is InChI=1S/C22H17ClN4O2/c23-16-6-3-7-17(12-16)25-21(28)14-27-22(29)19-9-2-1-8-18(19)20(26-27)11-15-5-4-10-24-13-15/h1-10,12-13H,11,14H2,(H,25,28). The number of hydrogen-bond donors (Lipinski definition) is 1. The average Bonchev–Trinajstić information content (AvgIpc) is 2.72. The SMILES string of the molecule is O=C(Cn1nc(Cc2cccnc2)c2ccccc2c1=O)Nc1cccc(Cl)c1. The zero-order chi connectivity index (χ0) is 20.2. The smallest absolute Gasteiger partial charge is 0.275 e. The highest BCUT2D eigenvalue weighted by Gasteiger charge is 2.13. The first-order valence-electron chi connectivity index (χ1n) is 9.03. The van der Waals surface area contributed by atoms with Crippen LogP contribution in [0.5, 0.6) is 0 Å². The number of aromatic nitrogens is 3. The third-order valence-corrected chi connectivity index (χ3v) is 4.68. The molecule has 29 heavy (non-hydrogen) atoms. The van der Waals surface area contributed by atoms with Crippen molar-refractivity contribution in [2.75, 3.05) is 5.32 Å². The van der Waals surface area contributed by atoms with Gasteiger partial charge in [0, 0.05) is 34.9 Å². The highest BCUT2D eigenvalue weighted by molar-refractivity contribution is 6.30. The van der Waals surface area contributed by atoms with E-state index in [9.17, 15) is 9.59 Å². The van der Waals surface area contributed by atoms with Gasteiger partial charge in [0.15, 0.2) is 0 Å². The largest absolute Gasteiger partial charge is 0.324 e. The maximum Gasteiger partial charge on any atom is 0.275 e. The maximum absolute atomic E-state index is 12.9. The second kappa shape index (κ2) is 8.24. The van der Waals surface area contributed by atoms with Crippen LogP contribution < -0.4 is 10.9 Å². The van der Waals surface area contributed by atoms with E-state index in [1.165, 1.54) is 4.68 Å². The quantitative estimate of drug-likeness (QED) is 0.550. The van der Waals surface area contributed by atoms with Gasteiger partial charge >= 0.3 is 0 Å². The molecule has 0 unspecified atom stereocenters. The number of amides is 1. The van der Waals surface area contributed by atoms with Gasteiger partial charge in [-0.3, -0.25) is 14.6 Å². The number of carbonyl (C=O) groups is 1. The number of hydrogen-bond acceptors (Lipinski definition) is 4. The molecule has 0 atom stereocenters. The van der Waals surface area contributed by atoms with Crippen LogP contribution in [0.2, 0.25) is 5.02 Å². The molecule has 0 bridgehead atoms. The van der Waals surface area contributed by atoms with Crippen LogP contribution in [0.25, 0.3) is 10.8 Å². The molecule has 2 aromatic heterocycles. The Morgan fingerprint density at radius 2 is 1.86 bits per heavy atom. The van der Waals surface area contributed by atoms with E-state index >= 15 is 0 Å². The third kappa shape index (κ3) is 4.33. The van der Waals surface area contributed by atoms with Gasteiger partial charge in [-0.25, -0.2) is 4.68 Å². The van der Waals surface area contributed by atoms with E-state index in [0.29, 0.717) is 28.2 Å². The van der Waals surface area contributed by atoms with E-state index in [1.807, 2.05) is 24.3 Å². The molecule has 4 aromatic rings. The second-order valence-corrected chi connectivity index (χ2v) is 6.99. The molecule has 2 heterocycles. The summed E-state index contributed by atoms with van der Waals surface area (Å²) in [6.45, 7) is -0.198. The zero-order valence-corrected chi connectivity index (χ0v) is 16.1. The fourth-order valence-electron chi connectivity index (χ4n) is 3.14. The van der Waals surface area contributed by atoms with Gasteiger partial charge in [-0.2, -0.15) is 5.10 Å². The van der Waals surface area contributed by atoms with Gasteiger partial charge in [0.2, 0.25) is 5.91 Å². The second-order valence-electron chi connectivity index (χ2n) is 6.55. The van der Waals surface area contributed by atoms with Crippen LogP contribution in [0.4, 0.5) is 5.69 Å². The molecule has 2 aromatic carbocycles. The highest BCUT2D eigenvalue weighted by Crippen LogP contribution is 2.17. The first-order valence-corrected chi connectivity index (χ1v) is 9.41. The average molecular weight is 405 g/mol. The van der Waals surface area contributed by atoms with E-state index in [-0.39, 0.29) is 18.0 Å². The lowest BCUT2D eigenvalue weighted by molar-refractivity contribution is -0.117. The lowest BCUT2D eigenvalue weighted by Gasteiger charge is -2.11. The van der Waals surface area contributed by atoms with Gasteiger partial charge in [-0.1, -0.05) is 41.9 Å². The molecule has 7 heteroatoms. The number of benzene rings is 2. The summed E-state index contributed by atoms with van der Waals surface area (Å²) in [7, 11) is 0. The molecule has 0 aliphatic carbocycles. The van der Waals surface area contributed by atoms with Crippen LogP contribution >= 0.6 is 11.6 Å². The molecule has 0 aliphatic heterocycles. The van der Waals surface area contributed by atoms with Crippen LogP contribution in [-0.4, -0.2) is 20.7 Å². The fourth-order valence-corrected chi connectivity index (χ4v) is 3.33. The highest BCUT2D eigenvalue weighted by atomic mass is 35.5. The van der Waals surface area contributed by atoms with Gasteiger partial charge in [0.25, 0.3) is 5.56 Å². The number of fused-ring (bicyclic) bond motifs is 1. The summed E-state index contributed by atoms with van der Waals surface area (Å²) in [4.78, 5) is 29.5. The zero-order valence-electron chi connectivity index (χ0n) is 15.4. The summed E-state index contributed by atoms with van der Waals surface area (Å²) in [5, 5.41) is 9.04. The number of halogens is 1. The van der Waals surface area contributed by atoms with Gasteiger partial charge < -0.3 is 5.32 Å². The lowest BCUT2D eigenvalue weighted by atomic mass is 10.1. The van der Waals surface area contributed by atoms with Crippen molar-refractivity contribution < 1.29 is 4.79 Å². The molecule has 0 aliphatic rings. The van der Waals surface area contributed by atoms with E-state index in [2.05, 4.69) is 15.4 Å². The summed E-state index contributed by atoms with van der Waals surface area (Å²) < 4.78 is 1.20. The van der Waals surface area contributed by atoms with Gasteiger partial charge in [-0.05, 0) is 35.9 Å². The van der Waals surface area contributed by atoms with Crippen molar-refractivity contribution in [3.05, 3.63) is 99.7 Å². The summed E-state index contributed by atoms with van der Waals surface area (Å²) in [6.07, 6.45) is 3.97. The van der Waals surface area contributed by atoms with Crippen molar-refractivity contribution in [3.8, 4) is 0 Å². The summed E-state index contributed by atoms with van der Waals surface area (Å²) in [6, 6.07) is 17.9. The number of nitrogens with zero attached hydrogens (tertiary/aromatic N) is 3. The van der Waals surface area contributed by atoms with Crippen molar-refractivity contribution in [2.24, 2.45) is 0 Å². The van der Waals surface area contributed by atoms with E-state index < -0.39 is 0 Å². The van der Waals surface area contributed by atoms with Crippen molar-refractivity contribution >= 4 is 34.0 Å². The fraction of sp³-hybridized carbons (Fsp3) is 0.0909. The van der Waals surface area contributed by atoms with Gasteiger partial charge in [-0.15, -0.1) is 0 Å². The van der Waals surface area contributed by atoms with E-state index in [1.54, 1.807) is 48.8 Å². The van der Waals surface area contributed by atoms with E-state index in [4.69, 9.17) is 11.6 Å². The molecule has 1 amide bonds. The third-order valence-electron chi connectivity index (χ3n) is 4.44. The van der Waals surface area contributed by atoms with Crippen LogP contribution in [-0.2, 0) is 17.8 Å². The molecule has 0 saturated carbocycles. The Kier molecular flexibility index (Phi) is 5.35. The Labute approximate surface area is 171 Å². The molecule has 1 N–H and O–H groups in total. The molecule has 6 nitrogen and oxygen atoms in total. The minimum atomic E-state index is -0.357. The first-order chi connectivity index (χ1) is 14.1. The Morgan fingerprint density at radius 3 is 2.62 bits per heavy atom. The number of pyridine rings is 1. The predicted octanol–water partition coefficient (Wildman–Crippen LogP) is 3.67. The molecule has 144 valence electrons. The van der Waals surface area contributed by atoms with Crippen molar-refractivity contribution in [2.45, 2.75) is 13.0 Å². The van der Waals surface area contributed by atoms with Crippen LogP contribution in [0, 0.1) is 0 Å². The number of nitrogens with one attached hydrogen (secondary N) is 1. The molecule has 0 radical (unpaired) electrons. The van der Waals surface area contributed by atoms with Crippen LogP contribution in [0.15, 0.2) is 77.9 Å². The number of carbonyl (C=O) groups excluding carboxylic acids is 1. The minimum Gasteiger partial charge on any atom is -0.324 e. The summed E-state index contributed by atoms with van der Waals surface area (Å²) in [5.41, 5.74) is 1.94. The van der Waals surface area contributed by atoms with Crippen molar-refractivity contribution in [3.63, 3.8) is 0 Å². The first kappa shape index (κ1) is 18.8. The molecular formula is C22H17ClN4O2. The molecule has 0 fully saturated rings. The summed E-state index contributed by atoms with van der Waals surface area (Å²) in [5.74, 6) is -0.357. The normalized spacial score (nSPS) is 10.8. The van der Waals surface area contributed by atoms with E-state index in [0.717, 1.165) is 10.9 Å². The number of rotatable bonds is 5. The monoisotopic (exact) mass is 404 g/mol. The Morgan fingerprint density at radius 1 is 1.03 bits per heavy atom. The molecule has 4 rings (SSSR count).